The van der Waals surface area contributed by atoms with Gasteiger partial charge < -0.3 is 4.43 Å². The molecule has 2 fully saturated rings. The summed E-state index contributed by atoms with van der Waals surface area (Å²) in [5, 5.41) is 0.252. The molecule has 2 aliphatic rings. The maximum Gasteiger partial charge on any atom is 0.193 e. The molecule has 3 atom stereocenters. The van der Waals surface area contributed by atoms with Crippen molar-refractivity contribution in [3.8, 4) is 12.3 Å². The fourth-order valence-corrected chi connectivity index (χ4v) is 4.48. The first-order valence-corrected chi connectivity index (χ1v) is 10.3. The van der Waals surface area contributed by atoms with Gasteiger partial charge in [-0.05, 0) is 55.1 Å². The average molecular weight is 264 g/mol. The Labute approximate surface area is 114 Å². The summed E-state index contributed by atoms with van der Waals surface area (Å²) in [5.74, 6) is 5.76. The Morgan fingerprint density at radius 1 is 1.28 bits per heavy atom. The van der Waals surface area contributed by atoms with E-state index in [-0.39, 0.29) is 11.1 Å². The normalized spacial score (nSPS) is 32.8. The molecule has 0 amide bonds. The van der Waals surface area contributed by atoms with Crippen molar-refractivity contribution in [2.45, 2.75) is 70.7 Å². The molecule has 0 spiro atoms. The van der Waals surface area contributed by atoms with Crippen LogP contribution in [0.25, 0.3) is 0 Å². The van der Waals surface area contributed by atoms with Crippen LogP contribution in [0.15, 0.2) is 0 Å². The minimum absolute atomic E-state index is 0.0569. The van der Waals surface area contributed by atoms with Gasteiger partial charge in [0.1, 0.15) is 6.10 Å². The van der Waals surface area contributed by atoms with Gasteiger partial charge in [0, 0.05) is 0 Å². The van der Waals surface area contributed by atoms with Gasteiger partial charge in [-0.2, -0.15) is 0 Å². The zero-order valence-electron chi connectivity index (χ0n) is 12.6. The van der Waals surface area contributed by atoms with E-state index >= 15 is 0 Å². The van der Waals surface area contributed by atoms with Crippen LogP contribution in [0.1, 0.15) is 46.5 Å². The van der Waals surface area contributed by atoms with E-state index in [2.05, 4.69) is 39.8 Å². The smallest absolute Gasteiger partial charge is 0.193 e. The van der Waals surface area contributed by atoms with Crippen molar-refractivity contribution in [2.75, 3.05) is 0 Å². The van der Waals surface area contributed by atoms with Gasteiger partial charge in [0.05, 0.1) is 0 Å². The largest absolute Gasteiger partial charge is 0.403 e. The van der Waals surface area contributed by atoms with Crippen LogP contribution in [-0.2, 0) is 4.43 Å². The zero-order valence-corrected chi connectivity index (χ0v) is 13.6. The van der Waals surface area contributed by atoms with Crippen LogP contribution in [0.4, 0.5) is 0 Å². The van der Waals surface area contributed by atoms with Gasteiger partial charge in [-0.25, -0.2) is 0 Å². The third-order valence-electron chi connectivity index (χ3n) is 5.50. The lowest BCUT2D eigenvalue weighted by Gasteiger charge is -2.38. The highest BCUT2D eigenvalue weighted by Crippen LogP contribution is 2.59. The van der Waals surface area contributed by atoms with Gasteiger partial charge >= 0.3 is 0 Å². The Balaban J connectivity index is 1.89. The molecule has 2 rings (SSSR count). The summed E-state index contributed by atoms with van der Waals surface area (Å²) in [4.78, 5) is 0. The Bertz CT molecular complexity index is 337. The quantitative estimate of drug-likeness (QED) is 0.538. The van der Waals surface area contributed by atoms with Crippen LogP contribution in [0.3, 0.4) is 0 Å². The number of hydrogen-bond donors (Lipinski definition) is 0. The van der Waals surface area contributed by atoms with E-state index in [4.69, 9.17) is 10.8 Å². The second-order valence-corrected chi connectivity index (χ2v) is 12.4. The molecule has 0 bridgehead atoms. The lowest BCUT2D eigenvalue weighted by atomic mass is 10.1. The molecule has 0 N–H and O–H groups in total. The third-order valence-corrected chi connectivity index (χ3v) is 9.99. The predicted molar refractivity (Wildman–Crippen MR) is 79.8 cm³/mol. The zero-order chi connectivity index (χ0) is 13.6. The van der Waals surface area contributed by atoms with Gasteiger partial charge in [-0.1, -0.05) is 33.1 Å². The predicted octanol–water partition coefficient (Wildman–Crippen LogP) is 4.45. The molecular weight excluding hydrogens is 236 g/mol. The Hall–Kier alpha value is -0.263. The second kappa shape index (κ2) is 4.69. The van der Waals surface area contributed by atoms with Crippen LogP contribution < -0.4 is 0 Å². The van der Waals surface area contributed by atoms with E-state index in [1.54, 1.807) is 0 Å². The fourth-order valence-electron chi connectivity index (χ4n) is 3.25. The van der Waals surface area contributed by atoms with Crippen LogP contribution in [0.2, 0.25) is 18.1 Å². The summed E-state index contributed by atoms with van der Waals surface area (Å²) < 4.78 is 6.37. The molecule has 0 aromatic rings. The molecule has 0 heterocycles. The first kappa shape index (κ1) is 14.2. The molecule has 2 aliphatic carbocycles. The first-order valence-electron chi connectivity index (χ1n) is 7.40. The van der Waals surface area contributed by atoms with Crippen molar-refractivity contribution in [3.05, 3.63) is 0 Å². The Morgan fingerprint density at radius 3 is 2.28 bits per heavy atom. The Morgan fingerprint density at radius 2 is 1.83 bits per heavy atom. The van der Waals surface area contributed by atoms with Crippen molar-refractivity contribution in [1.29, 1.82) is 0 Å². The van der Waals surface area contributed by atoms with E-state index in [1.807, 2.05) is 0 Å². The lowest BCUT2D eigenvalue weighted by molar-refractivity contribution is 0.210. The molecule has 2 heteroatoms. The maximum absolute atomic E-state index is 6.37. The van der Waals surface area contributed by atoms with Crippen LogP contribution >= 0.6 is 0 Å². The molecule has 0 aromatic heterocycles. The molecule has 102 valence electrons. The molecule has 0 saturated heterocycles. The maximum atomic E-state index is 6.37. The molecule has 18 heavy (non-hydrogen) atoms. The molecule has 2 saturated carbocycles. The molecule has 0 aromatic carbocycles. The van der Waals surface area contributed by atoms with Crippen molar-refractivity contribution in [2.24, 2.45) is 17.8 Å². The number of terminal acetylenes is 1. The lowest BCUT2D eigenvalue weighted by Crippen LogP contribution is -2.43. The topological polar surface area (TPSA) is 9.23 Å². The van der Waals surface area contributed by atoms with Crippen molar-refractivity contribution in [3.63, 3.8) is 0 Å². The van der Waals surface area contributed by atoms with E-state index in [1.165, 1.54) is 19.3 Å². The third kappa shape index (κ3) is 2.68. The Kier molecular flexibility index (Phi) is 3.69. The number of rotatable bonds is 4. The number of hydrogen-bond acceptors (Lipinski definition) is 1. The SMILES string of the molecule is C#CC(CC1C2CCCC21)O[Si](C)(C)C(C)(C)C. The van der Waals surface area contributed by atoms with Crippen LogP contribution in [0.5, 0.6) is 0 Å². The van der Waals surface area contributed by atoms with Gasteiger partial charge in [0.25, 0.3) is 0 Å². The second-order valence-electron chi connectivity index (χ2n) is 7.69. The van der Waals surface area contributed by atoms with E-state index in [0.717, 1.165) is 24.2 Å². The number of fused-ring (bicyclic) bond motifs is 1. The monoisotopic (exact) mass is 264 g/mol. The van der Waals surface area contributed by atoms with Crippen molar-refractivity contribution < 1.29 is 4.43 Å². The highest BCUT2D eigenvalue weighted by atomic mass is 28.4. The minimum Gasteiger partial charge on any atom is -0.403 e. The fraction of sp³-hybridized carbons (Fsp3) is 0.875. The summed E-state index contributed by atoms with van der Waals surface area (Å²) in [7, 11) is -1.71. The molecule has 0 aliphatic heterocycles. The average Bonchev–Trinajstić information content (AvgIpc) is 2.72. The molecular formula is C16H28OSi. The summed E-state index contributed by atoms with van der Waals surface area (Å²) >= 11 is 0. The molecule has 3 unspecified atom stereocenters. The summed E-state index contributed by atoms with van der Waals surface area (Å²) in [6.45, 7) is 11.4. The summed E-state index contributed by atoms with van der Waals surface area (Å²) in [6, 6.07) is 0. The first-order chi connectivity index (χ1) is 8.26. The van der Waals surface area contributed by atoms with Gasteiger partial charge in [0.2, 0.25) is 0 Å². The highest BCUT2D eigenvalue weighted by molar-refractivity contribution is 6.74. The highest BCUT2D eigenvalue weighted by Gasteiger charge is 2.53. The molecule has 1 nitrogen and oxygen atoms in total. The van der Waals surface area contributed by atoms with Crippen LogP contribution in [0, 0.1) is 30.1 Å². The summed E-state index contributed by atoms with van der Waals surface area (Å²) in [6.07, 6.45) is 11.2. The van der Waals surface area contributed by atoms with Gasteiger partial charge in [-0.15, -0.1) is 6.42 Å². The standard InChI is InChI=1S/C16H28OSi/c1-7-12(17-18(5,6)16(2,3)4)11-15-13-9-8-10-14(13)15/h1,12-15H,8-11H2,2-6H3. The molecule has 0 radical (unpaired) electrons. The van der Waals surface area contributed by atoms with Gasteiger partial charge in [0.15, 0.2) is 8.32 Å². The minimum atomic E-state index is -1.71. The van der Waals surface area contributed by atoms with Gasteiger partial charge in [-0.3, -0.25) is 0 Å². The van der Waals surface area contributed by atoms with Crippen molar-refractivity contribution in [1.82, 2.24) is 0 Å². The van der Waals surface area contributed by atoms with Crippen LogP contribution in [-0.4, -0.2) is 14.4 Å². The van der Waals surface area contributed by atoms with E-state index in [0.29, 0.717) is 0 Å². The van der Waals surface area contributed by atoms with E-state index < -0.39 is 8.32 Å². The van der Waals surface area contributed by atoms with Crippen molar-refractivity contribution >= 4 is 8.32 Å². The van der Waals surface area contributed by atoms with E-state index in [9.17, 15) is 0 Å². The summed E-state index contributed by atoms with van der Waals surface area (Å²) in [5.41, 5.74) is 0.